The Labute approximate surface area is 303 Å². The third kappa shape index (κ3) is 4.96. The Balaban J connectivity index is 1.10. The van der Waals surface area contributed by atoms with Crippen molar-refractivity contribution in [3.8, 4) is 27.9 Å². The van der Waals surface area contributed by atoms with Crippen LogP contribution in [0.2, 0.25) is 0 Å². The molecular formula is C50H34N2. The smallest absolute Gasteiger partial charge is 0.0553 e. The van der Waals surface area contributed by atoms with Crippen molar-refractivity contribution in [3.05, 3.63) is 206 Å². The topological polar surface area (TPSA) is 8.17 Å². The Morgan fingerprint density at radius 3 is 1.56 bits per heavy atom. The molecule has 2 nitrogen and oxygen atoms in total. The molecule has 10 rings (SSSR count). The van der Waals surface area contributed by atoms with Crippen LogP contribution in [-0.2, 0) is 0 Å². The fraction of sp³-hybridized carbons (Fsp3) is 0. The van der Waals surface area contributed by atoms with Crippen LogP contribution >= 0.6 is 0 Å². The van der Waals surface area contributed by atoms with E-state index < -0.39 is 0 Å². The first-order chi connectivity index (χ1) is 25.8. The van der Waals surface area contributed by atoms with Gasteiger partial charge in [-0.1, -0.05) is 146 Å². The van der Waals surface area contributed by atoms with Gasteiger partial charge < -0.3 is 9.47 Å². The molecule has 244 valence electrons. The molecule has 0 aliphatic carbocycles. The Morgan fingerprint density at radius 1 is 0.327 bits per heavy atom. The van der Waals surface area contributed by atoms with Gasteiger partial charge >= 0.3 is 0 Å². The maximum atomic E-state index is 2.41. The van der Waals surface area contributed by atoms with Gasteiger partial charge in [-0.05, 0) is 104 Å². The van der Waals surface area contributed by atoms with Crippen LogP contribution < -0.4 is 4.90 Å². The van der Waals surface area contributed by atoms with E-state index in [1.54, 1.807) is 0 Å². The molecule has 1 heterocycles. The van der Waals surface area contributed by atoms with Gasteiger partial charge in [-0.2, -0.15) is 0 Å². The van der Waals surface area contributed by atoms with Crippen molar-refractivity contribution in [3.63, 3.8) is 0 Å². The number of para-hydroxylation sites is 3. The van der Waals surface area contributed by atoms with Crippen molar-refractivity contribution in [2.45, 2.75) is 0 Å². The zero-order valence-corrected chi connectivity index (χ0v) is 28.5. The summed E-state index contributed by atoms with van der Waals surface area (Å²) < 4.78 is 2.41. The number of rotatable bonds is 6. The molecule has 0 spiro atoms. The van der Waals surface area contributed by atoms with Gasteiger partial charge in [-0.15, -0.1) is 0 Å². The molecule has 0 radical (unpaired) electrons. The molecule has 0 atom stereocenters. The average Bonchev–Trinajstić information content (AvgIpc) is 3.56. The summed E-state index contributed by atoms with van der Waals surface area (Å²) in [7, 11) is 0. The van der Waals surface area contributed by atoms with Crippen LogP contribution in [0.5, 0.6) is 0 Å². The Hall–Kier alpha value is -6.90. The first-order valence-electron chi connectivity index (χ1n) is 17.9. The predicted molar refractivity (Wildman–Crippen MR) is 221 cm³/mol. The van der Waals surface area contributed by atoms with E-state index in [-0.39, 0.29) is 0 Å². The molecule has 0 amide bonds. The Morgan fingerprint density at radius 2 is 0.846 bits per heavy atom. The standard InChI is InChI=1S/C50H34N2/c1-3-16-38(17-4-1)51(40-30-26-36(27-31-40)43-24-13-15-35-14-7-8-20-42(35)43)41-32-28-37(29-33-41)47-34-49-50(45-22-10-9-21-44(45)47)46-23-11-12-25-48(46)52(49)39-18-5-2-6-19-39/h1-34H. The van der Waals surface area contributed by atoms with Crippen molar-refractivity contribution in [1.29, 1.82) is 0 Å². The summed E-state index contributed by atoms with van der Waals surface area (Å²) in [5.41, 5.74) is 11.8. The summed E-state index contributed by atoms with van der Waals surface area (Å²) in [4.78, 5) is 2.34. The van der Waals surface area contributed by atoms with E-state index in [1.165, 1.54) is 65.6 Å². The summed E-state index contributed by atoms with van der Waals surface area (Å²) >= 11 is 0. The fourth-order valence-corrected chi connectivity index (χ4v) is 8.01. The number of hydrogen-bond acceptors (Lipinski definition) is 1. The van der Waals surface area contributed by atoms with E-state index in [9.17, 15) is 0 Å². The number of aromatic nitrogens is 1. The van der Waals surface area contributed by atoms with E-state index in [0.717, 1.165) is 22.7 Å². The molecule has 0 N–H and O–H groups in total. The lowest BCUT2D eigenvalue weighted by atomic mass is 9.94. The summed E-state index contributed by atoms with van der Waals surface area (Å²) in [6.45, 7) is 0. The van der Waals surface area contributed by atoms with Crippen molar-refractivity contribution < 1.29 is 0 Å². The van der Waals surface area contributed by atoms with Crippen LogP contribution in [0.3, 0.4) is 0 Å². The SMILES string of the molecule is c1ccc(N(c2ccc(-c3cccc4ccccc34)cc2)c2ccc(-c3cc4c(c5ccccc35)c3ccccc3n4-c3ccccc3)cc2)cc1. The minimum absolute atomic E-state index is 1.11. The number of hydrogen-bond donors (Lipinski definition) is 0. The molecule has 0 aliphatic heterocycles. The highest BCUT2D eigenvalue weighted by molar-refractivity contribution is 6.24. The lowest BCUT2D eigenvalue weighted by Crippen LogP contribution is -2.09. The molecule has 10 aromatic rings. The highest BCUT2D eigenvalue weighted by Crippen LogP contribution is 2.43. The second-order valence-corrected chi connectivity index (χ2v) is 13.3. The predicted octanol–water partition coefficient (Wildman–Crippen LogP) is 13.9. The first-order valence-corrected chi connectivity index (χ1v) is 17.9. The minimum Gasteiger partial charge on any atom is -0.311 e. The van der Waals surface area contributed by atoms with Crippen LogP contribution in [-0.4, -0.2) is 4.57 Å². The molecule has 0 saturated carbocycles. The summed E-state index contributed by atoms with van der Waals surface area (Å²) in [6.07, 6.45) is 0. The molecule has 0 unspecified atom stereocenters. The van der Waals surface area contributed by atoms with Gasteiger partial charge in [0.05, 0.1) is 11.0 Å². The zero-order valence-electron chi connectivity index (χ0n) is 28.5. The molecule has 9 aromatic carbocycles. The average molecular weight is 663 g/mol. The quantitative estimate of drug-likeness (QED) is 0.172. The number of anilines is 3. The molecule has 1 aromatic heterocycles. The zero-order chi connectivity index (χ0) is 34.4. The van der Waals surface area contributed by atoms with Gasteiger partial charge in [0, 0.05) is 33.5 Å². The Bertz CT molecular complexity index is 2860. The Kier molecular flexibility index (Phi) is 7.18. The second-order valence-electron chi connectivity index (χ2n) is 13.3. The molecule has 0 fully saturated rings. The number of fused-ring (bicyclic) bond motifs is 6. The largest absolute Gasteiger partial charge is 0.311 e. The van der Waals surface area contributed by atoms with Gasteiger partial charge in [0.25, 0.3) is 0 Å². The second kappa shape index (κ2) is 12.5. The normalized spacial score (nSPS) is 11.5. The van der Waals surface area contributed by atoms with Crippen LogP contribution in [0.1, 0.15) is 0 Å². The lowest BCUT2D eigenvalue weighted by Gasteiger charge is -2.26. The molecular weight excluding hydrogens is 629 g/mol. The number of benzene rings is 9. The highest BCUT2D eigenvalue weighted by Gasteiger charge is 2.19. The van der Waals surface area contributed by atoms with E-state index >= 15 is 0 Å². The summed E-state index contributed by atoms with van der Waals surface area (Å²) in [6, 6.07) is 74.5. The summed E-state index contributed by atoms with van der Waals surface area (Å²) in [5, 5.41) is 7.60. The molecule has 0 aliphatic rings. The fourth-order valence-electron chi connectivity index (χ4n) is 8.01. The third-order valence-corrected chi connectivity index (χ3v) is 10.4. The lowest BCUT2D eigenvalue weighted by molar-refractivity contribution is 1.18. The summed E-state index contributed by atoms with van der Waals surface area (Å²) in [5.74, 6) is 0. The maximum absolute atomic E-state index is 2.41. The molecule has 52 heavy (non-hydrogen) atoms. The van der Waals surface area contributed by atoms with Gasteiger partial charge in [0.2, 0.25) is 0 Å². The molecule has 2 heteroatoms. The van der Waals surface area contributed by atoms with Gasteiger partial charge in [0.1, 0.15) is 0 Å². The van der Waals surface area contributed by atoms with Gasteiger partial charge in [-0.3, -0.25) is 0 Å². The van der Waals surface area contributed by atoms with E-state index in [4.69, 9.17) is 0 Å². The highest BCUT2D eigenvalue weighted by atomic mass is 15.1. The van der Waals surface area contributed by atoms with Crippen molar-refractivity contribution >= 4 is 60.4 Å². The molecule has 0 saturated heterocycles. The van der Waals surface area contributed by atoms with E-state index in [0.29, 0.717) is 0 Å². The van der Waals surface area contributed by atoms with Crippen molar-refractivity contribution in [2.75, 3.05) is 4.90 Å². The van der Waals surface area contributed by atoms with Crippen LogP contribution in [0.25, 0.3) is 71.3 Å². The maximum Gasteiger partial charge on any atom is 0.0553 e. The van der Waals surface area contributed by atoms with Crippen LogP contribution in [0, 0.1) is 0 Å². The molecule has 0 bridgehead atoms. The van der Waals surface area contributed by atoms with Crippen molar-refractivity contribution in [1.82, 2.24) is 4.57 Å². The third-order valence-electron chi connectivity index (χ3n) is 10.4. The van der Waals surface area contributed by atoms with Crippen LogP contribution in [0.4, 0.5) is 17.1 Å². The van der Waals surface area contributed by atoms with Gasteiger partial charge in [0.15, 0.2) is 0 Å². The van der Waals surface area contributed by atoms with Crippen molar-refractivity contribution in [2.24, 2.45) is 0 Å². The van der Waals surface area contributed by atoms with E-state index in [2.05, 4.69) is 216 Å². The van der Waals surface area contributed by atoms with E-state index in [1.807, 2.05) is 0 Å². The minimum atomic E-state index is 1.11. The first kappa shape index (κ1) is 30.0. The van der Waals surface area contributed by atoms with Gasteiger partial charge in [-0.25, -0.2) is 0 Å². The van der Waals surface area contributed by atoms with Crippen LogP contribution in [0.15, 0.2) is 206 Å². The monoisotopic (exact) mass is 662 g/mol. The number of nitrogens with zero attached hydrogens (tertiary/aromatic N) is 2.